The van der Waals surface area contributed by atoms with Crippen LogP contribution in [0, 0.1) is 18.5 Å². The highest BCUT2D eigenvalue weighted by molar-refractivity contribution is 14.1. The van der Waals surface area contributed by atoms with Crippen molar-refractivity contribution in [3.05, 3.63) is 90.1 Å². The molecule has 3 aromatic rings. The molecule has 0 heterocycles. The number of hydrazone groups is 1. The molecule has 10 heteroatoms. The molecule has 0 aliphatic heterocycles. The first-order valence-corrected chi connectivity index (χ1v) is 12.8. The SMILES string of the molecule is COc1ccc(C(=O)NC(C)C(=O)NN=Cc2cc(I)c(OCc3ccc(C#N)cc3)c(I)c2)cc1. The number of nitrogens with zero attached hydrogens (tertiary/aromatic N) is 2. The summed E-state index contributed by atoms with van der Waals surface area (Å²) in [7, 11) is 1.55. The highest BCUT2D eigenvalue weighted by atomic mass is 127. The lowest BCUT2D eigenvalue weighted by Crippen LogP contribution is -2.43. The van der Waals surface area contributed by atoms with Crippen LogP contribution < -0.4 is 20.2 Å². The lowest BCUT2D eigenvalue weighted by molar-refractivity contribution is -0.122. The average Bonchev–Trinajstić information content (AvgIpc) is 2.88. The normalized spacial score (nSPS) is 11.4. The van der Waals surface area contributed by atoms with Gasteiger partial charge in [0.2, 0.25) is 0 Å². The van der Waals surface area contributed by atoms with E-state index in [9.17, 15) is 9.59 Å². The molecule has 184 valence electrons. The van der Waals surface area contributed by atoms with Crippen LogP contribution in [0.1, 0.15) is 34.0 Å². The number of rotatable bonds is 9. The molecule has 0 radical (unpaired) electrons. The van der Waals surface area contributed by atoms with E-state index in [2.05, 4.69) is 67.1 Å². The Labute approximate surface area is 236 Å². The summed E-state index contributed by atoms with van der Waals surface area (Å²) < 4.78 is 12.8. The minimum absolute atomic E-state index is 0.370. The van der Waals surface area contributed by atoms with Gasteiger partial charge in [-0.05, 0) is 112 Å². The zero-order valence-electron chi connectivity index (χ0n) is 19.4. The van der Waals surface area contributed by atoms with Gasteiger partial charge in [0, 0.05) is 5.56 Å². The number of carbonyl (C=O) groups is 2. The van der Waals surface area contributed by atoms with Crippen molar-refractivity contribution in [2.75, 3.05) is 7.11 Å². The first-order valence-electron chi connectivity index (χ1n) is 10.7. The highest BCUT2D eigenvalue weighted by Crippen LogP contribution is 2.29. The van der Waals surface area contributed by atoms with E-state index < -0.39 is 11.9 Å². The smallest absolute Gasteiger partial charge is 0.262 e. The Hall–Kier alpha value is -3.18. The third-order valence-electron chi connectivity index (χ3n) is 4.97. The Bertz CT molecular complexity index is 1280. The fraction of sp³-hybridized carbons (Fsp3) is 0.154. The van der Waals surface area contributed by atoms with Gasteiger partial charge in [-0.25, -0.2) is 5.43 Å². The maximum absolute atomic E-state index is 12.3. The van der Waals surface area contributed by atoms with Crippen molar-refractivity contribution in [3.8, 4) is 17.6 Å². The third-order valence-corrected chi connectivity index (χ3v) is 6.57. The number of carbonyl (C=O) groups excluding carboxylic acids is 2. The number of hydrogen-bond acceptors (Lipinski definition) is 6. The Kier molecular flexibility index (Phi) is 10.1. The van der Waals surface area contributed by atoms with Crippen molar-refractivity contribution in [1.29, 1.82) is 5.26 Å². The second-order valence-corrected chi connectivity index (χ2v) is 9.89. The van der Waals surface area contributed by atoms with E-state index >= 15 is 0 Å². The van der Waals surface area contributed by atoms with E-state index in [1.165, 1.54) is 6.21 Å². The summed E-state index contributed by atoms with van der Waals surface area (Å²) in [6.45, 7) is 1.96. The van der Waals surface area contributed by atoms with Gasteiger partial charge in [-0.3, -0.25) is 9.59 Å². The number of amides is 2. The van der Waals surface area contributed by atoms with Crippen LogP contribution >= 0.6 is 45.2 Å². The Morgan fingerprint density at radius 3 is 2.31 bits per heavy atom. The zero-order chi connectivity index (χ0) is 26.1. The van der Waals surface area contributed by atoms with Crippen molar-refractivity contribution in [2.24, 2.45) is 5.10 Å². The Balaban J connectivity index is 1.54. The van der Waals surface area contributed by atoms with Crippen LogP contribution in [0.25, 0.3) is 0 Å². The molecular weight excluding hydrogens is 686 g/mol. The molecule has 2 amide bonds. The summed E-state index contributed by atoms with van der Waals surface area (Å²) in [4.78, 5) is 24.7. The molecule has 3 rings (SSSR count). The van der Waals surface area contributed by atoms with E-state index in [0.29, 0.717) is 23.5 Å². The van der Waals surface area contributed by atoms with Crippen LogP contribution in [-0.2, 0) is 11.4 Å². The van der Waals surface area contributed by atoms with Gasteiger partial charge < -0.3 is 14.8 Å². The highest BCUT2D eigenvalue weighted by Gasteiger charge is 2.16. The van der Waals surface area contributed by atoms with Crippen LogP contribution in [-0.4, -0.2) is 31.2 Å². The van der Waals surface area contributed by atoms with Crippen molar-refractivity contribution in [1.82, 2.24) is 10.7 Å². The number of hydrogen-bond donors (Lipinski definition) is 2. The molecule has 0 saturated heterocycles. The van der Waals surface area contributed by atoms with Gasteiger partial charge in [0.1, 0.15) is 24.1 Å². The Morgan fingerprint density at radius 1 is 1.08 bits per heavy atom. The van der Waals surface area contributed by atoms with Gasteiger partial charge >= 0.3 is 0 Å². The molecule has 0 bridgehead atoms. The molecule has 0 spiro atoms. The van der Waals surface area contributed by atoms with Crippen LogP contribution in [0.15, 0.2) is 65.8 Å². The number of benzene rings is 3. The molecule has 0 aliphatic carbocycles. The predicted molar refractivity (Wildman–Crippen MR) is 153 cm³/mol. The lowest BCUT2D eigenvalue weighted by Gasteiger charge is -2.13. The molecule has 0 aromatic heterocycles. The number of halogens is 2. The summed E-state index contributed by atoms with van der Waals surface area (Å²) in [6, 6.07) is 18.9. The summed E-state index contributed by atoms with van der Waals surface area (Å²) in [5, 5.41) is 15.6. The fourth-order valence-corrected chi connectivity index (χ4v) is 5.11. The molecule has 3 aromatic carbocycles. The molecule has 1 unspecified atom stereocenters. The number of nitrogens with one attached hydrogen (secondary N) is 2. The van der Waals surface area contributed by atoms with Gasteiger partial charge in [0.15, 0.2) is 0 Å². The van der Waals surface area contributed by atoms with Gasteiger partial charge in [0.25, 0.3) is 11.8 Å². The molecule has 8 nitrogen and oxygen atoms in total. The summed E-state index contributed by atoms with van der Waals surface area (Å²) in [5.41, 5.74) is 5.22. The van der Waals surface area contributed by atoms with E-state index in [-0.39, 0.29) is 5.91 Å². The maximum Gasteiger partial charge on any atom is 0.262 e. The third kappa shape index (κ3) is 7.66. The molecule has 2 N–H and O–H groups in total. The summed E-state index contributed by atoms with van der Waals surface area (Å²) in [5.74, 6) is 0.573. The van der Waals surface area contributed by atoms with E-state index in [1.807, 2.05) is 24.3 Å². The molecule has 0 saturated carbocycles. The van der Waals surface area contributed by atoms with Gasteiger partial charge in [0.05, 0.1) is 32.1 Å². The molecule has 1 atom stereocenters. The average molecular weight is 708 g/mol. The van der Waals surface area contributed by atoms with E-state index in [1.54, 1.807) is 50.4 Å². The largest absolute Gasteiger partial charge is 0.497 e. The zero-order valence-corrected chi connectivity index (χ0v) is 23.7. The summed E-state index contributed by atoms with van der Waals surface area (Å²) >= 11 is 4.37. The van der Waals surface area contributed by atoms with Gasteiger partial charge in [-0.15, -0.1) is 0 Å². The number of nitriles is 1. The summed E-state index contributed by atoms with van der Waals surface area (Å²) in [6.07, 6.45) is 1.53. The molecule has 0 fully saturated rings. The number of methoxy groups -OCH3 is 1. The first-order chi connectivity index (χ1) is 17.3. The monoisotopic (exact) mass is 708 g/mol. The van der Waals surface area contributed by atoms with Crippen LogP contribution in [0.5, 0.6) is 11.5 Å². The Morgan fingerprint density at radius 2 is 1.72 bits per heavy atom. The second kappa shape index (κ2) is 13.2. The quantitative estimate of drug-likeness (QED) is 0.192. The lowest BCUT2D eigenvalue weighted by atomic mass is 10.1. The van der Waals surface area contributed by atoms with Crippen molar-refractivity contribution >= 4 is 63.2 Å². The minimum Gasteiger partial charge on any atom is -0.497 e. The molecule has 0 aliphatic rings. The minimum atomic E-state index is -0.782. The van der Waals surface area contributed by atoms with Crippen molar-refractivity contribution in [2.45, 2.75) is 19.6 Å². The van der Waals surface area contributed by atoms with E-state index in [0.717, 1.165) is 24.0 Å². The maximum atomic E-state index is 12.3. The molecular formula is C26H22I2N4O4. The van der Waals surface area contributed by atoms with Crippen LogP contribution in [0.2, 0.25) is 0 Å². The van der Waals surface area contributed by atoms with Crippen molar-refractivity contribution < 1.29 is 19.1 Å². The van der Waals surface area contributed by atoms with Crippen molar-refractivity contribution in [3.63, 3.8) is 0 Å². The second-order valence-electron chi connectivity index (χ2n) is 7.57. The first kappa shape index (κ1) is 27.4. The van der Waals surface area contributed by atoms with E-state index in [4.69, 9.17) is 14.7 Å². The fourth-order valence-electron chi connectivity index (χ4n) is 2.98. The van der Waals surface area contributed by atoms with Crippen LogP contribution in [0.3, 0.4) is 0 Å². The van der Waals surface area contributed by atoms with Gasteiger partial charge in [-0.1, -0.05) is 12.1 Å². The topological polar surface area (TPSA) is 113 Å². The van der Waals surface area contributed by atoms with Crippen LogP contribution in [0.4, 0.5) is 0 Å². The van der Waals surface area contributed by atoms with Gasteiger partial charge in [-0.2, -0.15) is 10.4 Å². The standard InChI is InChI=1S/C26H22I2N4O4/c1-16(31-26(34)20-7-9-21(35-2)10-8-20)25(33)32-30-14-19-11-22(27)24(23(28)12-19)36-15-18-5-3-17(13-29)4-6-18/h3-12,14,16H,15H2,1-2H3,(H,31,34)(H,32,33). The number of ether oxygens (including phenoxy) is 2. The predicted octanol–water partition coefficient (Wildman–Crippen LogP) is 4.62. The molecule has 36 heavy (non-hydrogen) atoms.